The van der Waals surface area contributed by atoms with Crippen molar-refractivity contribution >= 4 is 12.1 Å². The van der Waals surface area contributed by atoms with E-state index in [2.05, 4.69) is 28.5 Å². The van der Waals surface area contributed by atoms with Crippen LogP contribution in [-0.4, -0.2) is 40.0 Å². The third-order valence-corrected chi connectivity index (χ3v) is 4.78. The topological polar surface area (TPSA) is 91.5 Å². The lowest BCUT2D eigenvalue weighted by molar-refractivity contribution is -0.151. The number of anilines is 1. The van der Waals surface area contributed by atoms with Crippen LogP contribution in [0, 0.1) is 0 Å². The Kier molecular flexibility index (Phi) is 6.22. The Morgan fingerprint density at radius 2 is 2.27 bits per heavy atom. The lowest BCUT2D eigenvalue weighted by atomic mass is 9.99. The van der Waals surface area contributed by atoms with Gasteiger partial charge in [-0.15, -0.1) is 10.2 Å². The van der Waals surface area contributed by atoms with Gasteiger partial charge in [-0.05, 0) is 30.9 Å². The van der Waals surface area contributed by atoms with E-state index in [1.165, 1.54) is 5.56 Å². The third-order valence-electron chi connectivity index (χ3n) is 4.78. The summed E-state index contributed by atoms with van der Waals surface area (Å²) >= 11 is 0. The van der Waals surface area contributed by atoms with E-state index in [0.717, 1.165) is 56.3 Å². The summed E-state index contributed by atoms with van der Waals surface area (Å²) in [4.78, 5) is 10.8. The van der Waals surface area contributed by atoms with Gasteiger partial charge in [0.05, 0.1) is 23.7 Å². The second kappa shape index (κ2) is 8.80. The highest BCUT2D eigenvalue weighted by Crippen LogP contribution is 2.34. The first kappa shape index (κ1) is 18.4. The fraction of sp³-hybridized carbons (Fsp3) is 0.526. The summed E-state index contributed by atoms with van der Waals surface area (Å²) in [6.45, 7) is 3.22. The fourth-order valence-corrected chi connectivity index (χ4v) is 3.40. The Hall–Kier alpha value is -2.41. The van der Waals surface area contributed by atoms with Crippen LogP contribution in [0.1, 0.15) is 56.4 Å². The molecule has 7 heteroatoms. The molecular formula is C19H26N4O3. The first-order chi connectivity index (χ1) is 12.7. The zero-order valence-electron chi connectivity index (χ0n) is 15.1. The van der Waals surface area contributed by atoms with Crippen molar-refractivity contribution in [2.24, 2.45) is 0 Å². The Morgan fingerprint density at radius 3 is 3.08 bits per heavy atom. The molecule has 2 heterocycles. The van der Waals surface area contributed by atoms with E-state index in [1.54, 1.807) is 0 Å². The molecule has 1 aromatic heterocycles. The van der Waals surface area contributed by atoms with Crippen molar-refractivity contribution in [1.29, 1.82) is 0 Å². The second-order valence-corrected chi connectivity index (χ2v) is 6.74. The molecule has 26 heavy (non-hydrogen) atoms. The van der Waals surface area contributed by atoms with Crippen LogP contribution in [0.5, 0.6) is 0 Å². The summed E-state index contributed by atoms with van der Waals surface area (Å²) in [6.07, 6.45) is 6.50. The summed E-state index contributed by atoms with van der Waals surface area (Å²) in [5.74, 6) is 0.762. The van der Waals surface area contributed by atoms with E-state index >= 15 is 0 Å². The van der Waals surface area contributed by atoms with E-state index in [-0.39, 0.29) is 12.5 Å². The number of aromatic nitrogens is 2. The highest BCUT2D eigenvalue weighted by molar-refractivity contribution is 5.76. The Morgan fingerprint density at radius 1 is 1.38 bits per heavy atom. The minimum Gasteiger partial charge on any atom is -0.420 e. The predicted molar refractivity (Wildman–Crippen MR) is 98.0 cm³/mol. The molecule has 2 aromatic rings. The van der Waals surface area contributed by atoms with Gasteiger partial charge in [0, 0.05) is 6.54 Å². The van der Waals surface area contributed by atoms with Crippen LogP contribution >= 0.6 is 0 Å². The molecular weight excluding hydrogens is 332 g/mol. The SMILES string of the molecule is CCCCC[C@@H](CN(O)C=O)c1nnc(-c2cccc3c2NCCC3)o1. The number of rotatable bonds is 9. The van der Waals surface area contributed by atoms with Crippen LogP contribution in [0.15, 0.2) is 22.6 Å². The molecule has 2 N–H and O–H groups in total. The van der Waals surface area contributed by atoms with Gasteiger partial charge in [0.25, 0.3) is 0 Å². The van der Waals surface area contributed by atoms with Crippen LogP contribution in [0.4, 0.5) is 5.69 Å². The number of aryl methyl sites for hydroxylation is 1. The van der Waals surface area contributed by atoms with Crippen LogP contribution in [-0.2, 0) is 11.2 Å². The van der Waals surface area contributed by atoms with Crippen molar-refractivity contribution in [3.63, 3.8) is 0 Å². The van der Waals surface area contributed by atoms with Gasteiger partial charge in [0.15, 0.2) is 0 Å². The van der Waals surface area contributed by atoms with E-state index in [0.29, 0.717) is 23.3 Å². The van der Waals surface area contributed by atoms with Gasteiger partial charge in [-0.2, -0.15) is 0 Å². The molecule has 1 aliphatic rings. The summed E-state index contributed by atoms with van der Waals surface area (Å²) in [5.41, 5.74) is 3.23. The molecule has 0 bridgehead atoms. The molecule has 1 aliphatic heterocycles. The molecule has 0 saturated heterocycles. The molecule has 0 unspecified atom stereocenters. The van der Waals surface area contributed by atoms with Crippen LogP contribution in [0.3, 0.4) is 0 Å². The van der Waals surface area contributed by atoms with Gasteiger partial charge in [0.1, 0.15) is 0 Å². The molecule has 7 nitrogen and oxygen atoms in total. The lowest BCUT2D eigenvalue weighted by Gasteiger charge is -2.19. The predicted octanol–water partition coefficient (Wildman–Crippen LogP) is 3.61. The smallest absolute Gasteiger partial charge is 0.249 e. The number of nitrogens with zero attached hydrogens (tertiary/aromatic N) is 3. The van der Waals surface area contributed by atoms with Gasteiger partial charge in [-0.1, -0.05) is 38.3 Å². The molecule has 0 radical (unpaired) electrons. The molecule has 140 valence electrons. The lowest BCUT2D eigenvalue weighted by Crippen LogP contribution is -2.24. The first-order valence-corrected chi connectivity index (χ1v) is 9.33. The maximum atomic E-state index is 10.8. The number of hydrogen-bond acceptors (Lipinski definition) is 6. The summed E-state index contributed by atoms with van der Waals surface area (Å²) in [5, 5.41) is 22.1. The van der Waals surface area contributed by atoms with Crippen LogP contribution < -0.4 is 5.32 Å². The van der Waals surface area contributed by atoms with Crippen molar-refractivity contribution in [2.75, 3.05) is 18.4 Å². The minimum absolute atomic E-state index is 0.153. The van der Waals surface area contributed by atoms with Gasteiger partial charge in [0.2, 0.25) is 18.2 Å². The number of hydrogen-bond donors (Lipinski definition) is 2. The number of carbonyl (C=O) groups excluding carboxylic acids is 1. The molecule has 0 saturated carbocycles. The second-order valence-electron chi connectivity index (χ2n) is 6.74. The van der Waals surface area contributed by atoms with Crippen LogP contribution in [0.25, 0.3) is 11.5 Å². The molecule has 1 aromatic carbocycles. The summed E-state index contributed by atoms with van der Waals surface area (Å²) < 4.78 is 5.96. The van der Waals surface area contributed by atoms with E-state index in [4.69, 9.17) is 4.42 Å². The third kappa shape index (κ3) is 4.22. The fourth-order valence-electron chi connectivity index (χ4n) is 3.40. The first-order valence-electron chi connectivity index (χ1n) is 9.33. The molecule has 1 atom stereocenters. The summed E-state index contributed by atoms with van der Waals surface area (Å²) in [6, 6.07) is 6.10. The van der Waals surface area contributed by atoms with Gasteiger partial charge in [-0.25, -0.2) is 5.06 Å². The van der Waals surface area contributed by atoms with E-state index in [9.17, 15) is 10.0 Å². The average molecular weight is 358 g/mol. The van der Waals surface area contributed by atoms with Gasteiger partial charge >= 0.3 is 0 Å². The molecule has 3 rings (SSSR count). The maximum Gasteiger partial charge on any atom is 0.249 e. The van der Waals surface area contributed by atoms with Crippen molar-refractivity contribution in [1.82, 2.24) is 15.3 Å². The number of benzene rings is 1. The Balaban J connectivity index is 1.83. The zero-order chi connectivity index (χ0) is 18.4. The summed E-state index contributed by atoms with van der Waals surface area (Å²) in [7, 11) is 0. The number of hydroxylamine groups is 2. The monoisotopic (exact) mass is 358 g/mol. The quantitative estimate of drug-likeness (QED) is 0.308. The highest BCUT2D eigenvalue weighted by atomic mass is 16.5. The number of fused-ring (bicyclic) bond motifs is 1. The molecule has 0 aliphatic carbocycles. The number of unbranched alkanes of at least 4 members (excludes halogenated alkanes) is 2. The number of nitrogens with one attached hydrogen (secondary N) is 1. The minimum atomic E-state index is -0.175. The Bertz CT molecular complexity index is 731. The number of amides is 1. The molecule has 0 fully saturated rings. The highest BCUT2D eigenvalue weighted by Gasteiger charge is 2.23. The average Bonchev–Trinajstić information content (AvgIpc) is 3.16. The standard InChI is InChI=1S/C19H26N4O3/c1-2-3-4-7-15(12-23(25)13-24)18-21-22-19(26-18)16-10-5-8-14-9-6-11-20-17(14)16/h5,8,10,13,15,20,25H,2-4,6-7,9,11-12H2,1H3/t15-/m0/s1. The van der Waals surface area contributed by atoms with Crippen molar-refractivity contribution < 1.29 is 14.4 Å². The van der Waals surface area contributed by atoms with E-state index < -0.39 is 0 Å². The molecule has 0 spiro atoms. The van der Waals surface area contributed by atoms with E-state index in [1.807, 2.05) is 12.1 Å². The van der Waals surface area contributed by atoms with Crippen molar-refractivity contribution in [2.45, 2.75) is 51.4 Å². The maximum absolute atomic E-state index is 10.8. The Labute approximate surface area is 153 Å². The number of carbonyl (C=O) groups is 1. The molecule has 1 amide bonds. The van der Waals surface area contributed by atoms with Crippen LogP contribution in [0.2, 0.25) is 0 Å². The number of para-hydroxylation sites is 1. The van der Waals surface area contributed by atoms with Gasteiger partial charge < -0.3 is 9.73 Å². The largest absolute Gasteiger partial charge is 0.420 e. The normalized spacial score (nSPS) is 14.4. The van der Waals surface area contributed by atoms with Crippen molar-refractivity contribution in [3.05, 3.63) is 29.7 Å². The van der Waals surface area contributed by atoms with Crippen molar-refractivity contribution in [3.8, 4) is 11.5 Å². The zero-order valence-corrected chi connectivity index (χ0v) is 15.1. The van der Waals surface area contributed by atoms with Gasteiger partial charge in [-0.3, -0.25) is 10.0 Å².